The van der Waals surface area contributed by atoms with E-state index in [0.717, 1.165) is 0 Å². The average molecular weight is 512 g/mol. The number of phenolic OH excluding ortho intramolecular Hbond substituents is 1. The molecule has 1 saturated heterocycles. The highest BCUT2D eigenvalue weighted by Gasteiger charge is 2.37. The van der Waals surface area contributed by atoms with E-state index in [2.05, 4.69) is 15.6 Å². The van der Waals surface area contributed by atoms with Crippen molar-refractivity contribution in [2.45, 2.75) is 38.1 Å². The van der Waals surface area contributed by atoms with Crippen LogP contribution in [0.2, 0.25) is 5.02 Å². The Balaban J connectivity index is 1.36. The number of nitrogens with one attached hydrogen (secondary N) is 1. The molecule has 0 radical (unpaired) electrons. The number of hydrogen-bond donors (Lipinski definition) is 2. The Bertz CT molecular complexity index is 1270. The Morgan fingerprint density at radius 1 is 1.22 bits per heavy atom. The molecule has 2 amide bonds. The molecule has 3 heterocycles. The number of amides is 2. The second-order valence-electron chi connectivity index (χ2n) is 8.89. The highest BCUT2D eigenvalue weighted by Crippen LogP contribution is 2.26. The first-order valence-corrected chi connectivity index (χ1v) is 12.1. The molecule has 2 aliphatic heterocycles. The Morgan fingerprint density at radius 2 is 2.11 bits per heavy atom. The van der Waals surface area contributed by atoms with Gasteiger partial charge in [0.25, 0.3) is 5.91 Å². The van der Waals surface area contributed by atoms with Gasteiger partial charge in [-0.25, -0.2) is 0 Å². The fraction of sp³-hybridized carbons (Fsp3) is 0.360. The predicted molar refractivity (Wildman–Crippen MR) is 130 cm³/mol. The lowest BCUT2D eigenvalue weighted by molar-refractivity contribution is -0.130. The molecule has 10 nitrogen and oxygen atoms in total. The van der Waals surface area contributed by atoms with Crippen LogP contribution < -0.4 is 10.1 Å². The molecule has 1 fully saturated rings. The molecule has 2 aliphatic rings. The number of carbonyl (C=O) groups excluding carboxylic acids is 2. The molecule has 1 aromatic heterocycles. The van der Waals surface area contributed by atoms with Crippen molar-refractivity contribution in [2.75, 3.05) is 19.7 Å². The maximum absolute atomic E-state index is 13.1. The summed E-state index contributed by atoms with van der Waals surface area (Å²) in [6.07, 6.45) is 2.18. The number of benzene rings is 2. The van der Waals surface area contributed by atoms with Crippen molar-refractivity contribution >= 4 is 23.4 Å². The largest absolute Gasteiger partial charge is 0.508 e. The molecule has 0 unspecified atom stereocenters. The Hall–Kier alpha value is -3.63. The molecule has 3 aromatic rings. The van der Waals surface area contributed by atoms with E-state index in [1.165, 1.54) is 0 Å². The summed E-state index contributed by atoms with van der Waals surface area (Å²) in [5, 5.41) is 21.4. The molecule has 2 atom stereocenters. The van der Waals surface area contributed by atoms with Gasteiger partial charge in [-0.15, -0.1) is 5.10 Å². The highest BCUT2D eigenvalue weighted by molar-refractivity contribution is 6.32. The summed E-state index contributed by atoms with van der Waals surface area (Å²) in [6.45, 7) is 1.81. The first kappa shape index (κ1) is 24.1. The second kappa shape index (κ2) is 10.5. The number of carbonyl (C=O) groups is 2. The monoisotopic (exact) mass is 511 g/mol. The number of likely N-dealkylation sites (tertiary alicyclic amines) is 1. The van der Waals surface area contributed by atoms with Crippen molar-refractivity contribution in [3.8, 4) is 11.5 Å². The number of ether oxygens (including phenoxy) is 2. The Labute approximate surface area is 212 Å². The minimum Gasteiger partial charge on any atom is -0.508 e. The van der Waals surface area contributed by atoms with Crippen LogP contribution in [0.3, 0.4) is 0 Å². The zero-order valence-electron chi connectivity index (χ0n) is 19.5. The number of aromatic nitrogens is 3. The molecule has 188 valence electrons. The van der Waals surface area contributed by atoms with Crippen LogP contribution >= 0.6 is 11.6 Å². The van der Waals surface area contributed by atoms with Gasteiger partial charge in [0.2, 0.25) is 5.91 Å². The van der Waals surface area contributed by atoms with Crippen LogP contribution in [0.1, 0.15) is 28.0 Å². The van der Waals surface area contributed by atoms with E-state index in [1.807, 2.05) is 6.20 Å². The normalized spacial score (nSPS) is 20.4. The molecule has 4 bridgehead atoms. The molecule has 2 N–H and O–H groups in total. The molecule has 2 aromatic carbocycles. The van der Waals surface area contributed by atoms with Gasteiger partial charge in [0.1, 0.15) is 17.2 Å². The molecule has 36 heavy (non-hydrogen) atoms. The van der Waals surface area contributed by atoms with Crippen LogP contribution in [-0.2, 0) is 29.1 Å². The molecule has 0 aliphatic carbocycles. The van der Waals surface area contributed by atoms with E-state index in [9.17, 15) is 14.7 Å². The van der Waals surface area contributed by atoms with Crippen molar-refractivity contribution in [2.24, 2.45) is 0 Å². The minimum atomic E-state index is -0.442. The molecule has 0 spiro atoms. The van der Waals surface area contributed by atoms with Crippen LogP contribution in [-0.4, -0.2) is 68.7 Å². The van der Waals surface area contributed by atoms with Gasteiger partial charge in [-0.1, -0.05) is 28.9 Å². The van der Waals surface area contributed by atoms with E-state index >= 15 is 0 Å². The summed E-state index contributed by atoms with van der Waals surface area (Å²) in [5.74, 6) is 0.106. The lowest BCUT2D eigenvalue weighted by Gasteiger charge is -2.20. The lowest BCUT2D eigenvalue weighted by Crippen LogP contribution is -2.44. The van der Waals surface area contributed by atoms with E-state index in [1.54, 1.807) is 52.0 Å². The summed E-state index contributed by atoms with van der Waals surface area (Å²) in [4.78, 5) is 27.8. The number of phenols is 1. The van der Waals surface area contributed by atoms with Crippen molar-refractivity contribution < 1.29 is 24.2 Å². The molecular formula is C25H26ClN5O5. The smallest absolute Gasteiger partial charge is 0.251 e. The lowest BCUT2D eigenvalue weighted by atomic mass is 10.1. The number of aromatic hydroxyl groups is 1. The topological polar surface area (TPSA) is 119 Å². The third-order valence-electron chi connectivity index (χ3n) is 6.22. The second-order valence-corrected chi connectivity index (χ2v) is 9.30. The fourth-order valence-corrected chi connectivity index (χ4v) is 4.53. The van der Waals surface area contributed by atoms with E-state index < -0.39 is 12.1 Å². The SMILES string of the molecule is O=C1N[C@H]2CN(C(=O)Cc3cccc(O)c3)C[C@@H]2OCc2cn(nn2)CCCOc2cc1ccc2Cl. The van der Waals surface area contributed by atoms with Gasteiger partial charge >= 0.3 is 0 Å². The quantitative estimate of drug-likeness (QED) is 0.541. The van der Waals surface area contributed by atoms with Crippen molar-refractivity contribution in [1.82, 2.24) is 25.2 Å². The number of fused-ring (bicyclic) bond motifs is 5. The zero-order valence-corrected chi connectivity index (χ0v) is 20.2. The minimum absolute atomic E-state index is 0.108. The number of rotatable bonds is 2. The van der Waals surface area contributed by atoms with Crippen LogP contribution in [0, 0.1) is 0 Å². The first-order chi connectivity index (χ1) is 17.4. The van der Waals surface area contributed by atoms with Gasteiger partial charge in [-0.2, -0.15) is 0 Å². The van der Waals surface area contributed by atoms with Gasteiger partial charge < -0.3 is 24.8 Å². The van der Waals surface area contributed by atoms with Gasteiger partial charge in [-0.3, -0.25) is 14.3 Å². The van der Waals surface area contributed by atoms with Crippen LogP contribution in [0.4, 0.5) is 0 Å². The van der Waals surface area contributed by atoms with Gasteiger partial charge in [0, 0.05) is 31.6 Å². The summed E-state index contributed by atoms with van der Waals surface area (Å²) in [6, 6.07) is 11.1. The summed E-state index contributed by atoms with van der Waals surface area (Å²) in [7, 11) is 0. The Morgan fingerprint density at radius 3 is 2.97 bits per heavy atom. The van der Waals surface area contributed by atoms with E-state index in [0.29, 0.717) is 53.7 Å². The van der Waals surface area contributed by atoms with Crippen LogP contribution in [0.5, 0.6) is 11.5 Å². The molecule has 0 saturated carbocycles. The zero-order chi connectivity index (χ0) is 25.1. The third kappa shape index (κ3) is 5.60. The maximum Gasteiger partial charge on any atom is 0.251 e. The standard InChI is InChI=1S/C25H26ClN5O5/c26-20-6-5-17-11-22(20)35-8-2-7-31-12-18(28-29-31)15-36-23-14-30(13-21(23)27-25(17)34)24(33)10-16-3-1-4-19(32)9-16/h1,3-6,9,11-12,21,23,32H,2,7-8,10,13-15H2,(H,27,34)/t21-,23-/m0/s1. The number of hydrogen-bond acceptors (Lipinski definition) is 7. The van der Waals surface area contributed by atoms with E-state index in [4.69, 9.17) is 21.1 Å². The maximum atomic E-state index is 13.1. The Kier molecular flexibility index (Phi) is 7.06. The van der Waals surface area contributed by atoms with Crippen molar-refractivity contribution in [3.63, 3.8) is 0 Å². The van der Waals surface area contributed by atoms with E-state index in [-0.39, 0.29) is 37.1 Å². The van der Waals surface area contributed by atoms with Crippen LogP contribution in [0.15, 0.2) is 48.7 Å². The van der Waals surface area contributed by atoms with Gasteiger partial charge in [0.15, 0.2) is 0 Å². The first-order valence-electron chi connectivity index (χ1n) is 11.7. The summed E-state index contributed by atoms with van der Waals surface area (Å²) in [5.41, 5.74) is 1.77. The van der Waals surface area contributed by atoms with Crippen LogP contribution in [0.25, 0.3) is 0 Å². The summed E-state index contributed by atoms with van der Waals surface area (Å²) >= 11 is 6.27. The van der Waals surface area contributed by atoms with Gasteiger partial charge in [0.05, 0.1) is 43.0 Å². The third-order valence-corrected chi connectivity index (χ3v) is 6.53. The van der Waals surface area contributed by atoms with Crippen molar-refractivity contribution in [3.05, 3.63) is 70.5 Å². The highest BCUT2D eigenvalue weighted by atomic mass is 35.5. The molecule has 5 rings (SSSR count). The number of aryl methyl sites for hydroxylation is 1. The van der Waals surface area contributed by atoms with Gasteiger partial charge in [-0.05, 0) is 35.9 Å². The predicted octanol–water partition coefficient (Wildman–Crippen LogP) is 2.19. The number of nitrogens with zero attached hydrogens (tertiary/aromatic N) is 4. The molecular weight excluding hydrogens is 486 g/mol. The fourth-order valence-electron chi connectivity index (χ4n) is 4.36. The molecule has 11 heteroatoms. The van der Waals surface area contributed by atoms with Crippen molar-refractivity contribution in [1.29, 1.82) is 0 Å². The number of halogens is 1. The average Bonchev–Trinajstić information content (AvgIpc) is 3.48. The summed E-state index contributed by atoms with van der Waals surface area (Å²) < 4.78 is 13.7.